The molecule has 0 amide bonds. The molecule has 1 saturated heterocycles. The zero-order valence-electron chi connectivity index (χ0n) is 7.76. The van der Waals surface area contributed by atoms with Crippen LogP contribution in [-0.2, 0) is 4.74 Å². The lowest BCUT2D eigenvalue weighted by Crippen LogP contribution is -2.48. The van der Waals surface area contributed by atoms with Crippen LogP contribution < -0.4 is 5.73 Å². The average Bonchev–Trinajstić information content (AvgIpc) is 1.85. The van der Waals surface area contributed by atoms with Crippen molar-refractivity contribution in [1.29, 1.82) is 0 Å². The summed E-state index contributed by atoms with van der Waals surface area (Å²) in [4.78, 5) is 0. The van der Waals surface area contributed by atoms with Crippen molar-refractivity contribution in [3.63, 3.8) is 0 Å². The Bertz CT molecular complexity index is 132. The van der Waals surface area contributed by atoms with Gasteiger partial charge in [-0.3, -0.25) is 0 Å². The molecule has 2 nitrogen and oxygen atoms in total. The van der Waals surface area contributed by atoms with Gasteiger partial charge < -0.3 is 10.5 Å². The molecule has 1 aliphatic rings. The normalized spacial score (nSPS) is 39.5. The molecule has 0 aromatic heterocycles. The smallest absolute Gasteiger partial charge is 0.0643 e. The fourth-order valence-electron chi connectivity index (χ4n) is 1.59. The van der Waals surface area contributed by atoms with Crippen LogP contribution in [0, 0.1) is 11.8 Å². The molecule has 1 fully saturated rings. The molecule has 0 aliphatic carbocycles. The summed E-state index contributed by atoms with van der Waals surface area (Å²) in [5.41, 5.74) is 5.89. The molecule has 0 aromatic rings. The molecule has 2 unspecified atom stereocenters. The van der Waals surface area contributed by atoms with E-state index in [0.29, 0.717) is 11.8 Å². The molecule has 11 heavy (non-hydrogen) atoms. The summed E-state index contributed by atoms with van der Waals surface area (Å²) in [5, 5.41) is 0. The highest BCUT2D eigenvalue weighted by Gasteiger charge is 2.30. The van der Waals surface area contributed by atoms with E-state index in [1.807, 2.05) is 0 Å². The van der Waals surface area contributed by atoms with E-state index < -0.39 is 0 Å². The number of ether oxygens (including phenoxy) is 1. The van der Waals surface area contributed by atoms with Gasteiger partial charge in [-0.15, -0.1) is 0 Å². The Kier molecular flexibility index (Phi) is 2.55. The van der Waals surface area contributed by atoms with E-state index in [0.717, 1.165) is 19.6 Å². The first-order valence-electron chi connectivity index (χ1n) is 4.38. The number of nitrogens with two attached hydrogens (primary N) is 1. The van der Waals surface area contributed by atoms with E-state index in [4.69, 9.17) is 10.5 Å². The summed E-state index contributed by atoms with van der Waals surface area (Å²) < 4.78 is 5.43. The molecule has 1 heterocycles. The SMILES string of the molecule is CC(C)C1COCC(C)(N)C1. The fourth-order valence-corrected chi connectivity index (χ4v) is 1.59. The second-order valence-corrected chi connectivity index (χ2v) is 4.38. The number of rotatable bonds is 1. The topological polar surface area (TPSA) is 35.2 Å². The minimum atomic E-state index is -0.0901. The Balaban J connectivity index is 2.46. The maximum Gasteiger partial charge on any atom is 0.0643 e. The van der Waals surface area contributed by atoms with Gasteiger partial charge in [-0.25, -0.2) is 0 Å². The summed E-state index contributed by atoms with van der Waals surface area (Å²) in [5.74, 6) is 1.34. The third kappa shape index (κ3) is 2.46. The lowest BCUT2D eigenvalue weighted by molar-refractivity contribution is -0.00794. The molecule has 2 heteroatoms. The third-order valence-corrected chi connectivity index (χ3v) is 2.44. The van der Waals surface area contributed by atoms with Gasteiger partial charge in [0.05, 0.1) is 6.61 Å². The van der Waals surface area contributed by atoms with Crippen LogP contribution >= 0.6 is 0 Å². The maximum atomic E-state index is 5.98. The molecule has 0 spiro atoms. The predicted octanol–water partition coefficient (Wildman–Crippen LogP) is 1.40. The Labute approximate surface area is 69.1 Å². The molecule has 2 atom stereocenters. The Morgan fingerprint density at radius 3 is 2.55 bits per heavy atom. The second-order valence-electron chi connectivity index (χ2n) is 4.38. The first-order chi connectivity index (χ1) is 5.01. The quantitative estimate of drug-likeness (QED) is 0.624. The first kappa shape index (κ1) is 9.01. The minimum Gasteiger partial charge on any atom is -0.379 e. The molecule has 0 radical (unpaired) electrons. The Morgan fingerprint density at radius 1 is 1.55 bits per heavy atom. The van der Waals surface area contributed by atoms with Crippen molar-refractivity contribution in [2.45, 2.75) is 32.7 Å². The van der Waals surface area contributed by atoms with Crippen LogP contribution in [0.4, 0.5) is 0 Å². The fraction of sp³-hybridized carbons (Fsp3) is 1.00. The highest BCUT2D eigenvalue weighted by molar-refractivity contribution is 4.86. The molecule has 1 aliphatic heterocycles. The van der Waals surface area contributed by atoms with Gasteiger partial charge in [-0.05, 0) is 25.2 Å². The monoisotopic (exact) mass is 157 g/mol. The highest BCUT2D eigenvalue weighted by Crippen LogP contribution is 2.26. The van der Waals surface area contributed by atoms with Crippen LogP contribution in [0.2, 0.25) is 0 Å². The van der Waals surface area contributed by atoms with Gasteiger partial charge in [0, 0.05) is 12.1 Å². The van der Waals surface area contributed by atoms with Crippen LogP contribution in [0.5, 0.6) is 0 Å². The van der Waals surface area contributed by atoms with Gasteiger partial charge in [0.25, 0.3) is 0 Å². The Morgan fingerprint density at radius 2 is 2.18 bits per heavy atom. The summed E-state index contributed by atoms with van der Waals surface area (Å²) in [6.45, 7) is 8.15. The Hall–Kier alpha value is -0.0800. The zero-order valence-corrected chi connectivity index (χ0v) is 7.76. The van der Waals surface area contributed by atoms with Gasteiger partial charge >= 0.3 is 0 Å². The van der Waals surface area contributed by atoms with E-state index in [1.165, 1.54) is 0 Å². The van der Waals surface area contributed by atoms with E-state index in [9.17, 15) is 0 Å². The maximum absolute atomic E-state index is 5.98. The van der Waals surface area contributed by atoms with Crippen molar-refractivity contribution in [3.05, 3.63) is 0 Å². The lowest BCUT2D eigenvalue weighted by Gasteiger charge is -2.36. The molecule has 0 bridgehead atoms. The molecule has 66 valence electrons. The van der Waals surface area contributed by atoms with Crippen LogP contribution in [0.1, 0.15) is 27.2 Å². The van der Waals surface area contributed by atoms with Gasteiger partial charge in [0.2, 0.25) is 0 Å². The molecular weight excluding hydrogens is 138 g/mol. The third-order valence-electron chi connectivity index (χ3n) is 2.44. The summed E-state index contributed by atoms with van der Waals surface area (Å²) in [7, 11) is 0. The van der Waals surface area contributed by atoms with Crippen molar-refractivity contribution < 1.29 is 4.74 Å². The predicted molar refractivity (Wildman–Crippen MR) is 46.4 cm³/mol. The van der Waals surface area contributed by atoms with Crippen LogP contribution in [0.3, 0.4) is 0 Å². The number of hydrogen-bond donors (Lipinski definition) is 1. The van der Waals surface area contributed by atoms with E-state index in [-0.39, 0.29) is 5.54 Å². The van der Waals surface area contributed by atoms with Crippen molar-refractivity contribution in [1.82, 2.24) is 0 Å². The van der Waals surface area contributed by atoms with Gasteiger partial charge in [-0.2, -0.15) is 0 Å². The number of hydrogen-bond acceptors (Lipinski definition) is 2. The molecular formula is C9H19NO. The summed E-state index contributed by atoms with van der Waals surface area (Å²) in [6.07, 6.45) is 1.10. The second kappa shape index (κ2) is 3.11. The summed E-state index contributed by atoms with van der Waals surface area (Å²) in [6, 6.07) is 0. The summed E-state index contributed by atoms with van der Waals surface area (Å²) >= 11 is 0. The van der Waals surface area contributed by atoms with Crippen molar-refractivity contribution in [3.8, 4) is 0 Å². The zero-order chi connectivity index (χ0) is 8.48. The van der Waals surface area contributed by atoms with Crippen molar-refractivity contribution in [2.24, 2.45) is 17.6 Å². The van der Waals surface area contributed by atoms with Crippen molar-refractivity contribution in [2.75, 3.05) is 13.2 Å². The van der Waals surface area contributed by atoms with Gasteiger partial charge in [0.1, 0.15) is 0 Å². The van der Waals surface area contributed by atoms with Crippen LogP contribution in [-0.4, -0.2) is 18.8 Å². The first-order valence-corrected chi connectivity index (χ1v) is 4.38. The van der Waals surface area contributed by atoms with Gasteiger partial charge in [-0.1, -0.05) is 13.8 Å². The van der Waals surface area contributed by atoms with Crippen LogP contribution in [0.15, 0.2) is 0 Å². The average molecular weight is 157 g/mol. The standard InChI is InChI=1S/C9H19NO/c1-7(2)8-4-9(3,10)6-11-5-8/h7-8H,4-6,10H2,1-3H3. The van der Waals surface area contributed by atoms with E-state index in [2.05, 4.69) is 20.8 Å². The molecule has 1 rings (SSSR count). The molecule has 2 N–H and O–H groups in total. The van der Waals surface area contributed by atoms with Gasteiger partial charge in [0.15, 0.2) is 0 Å². The largest absolute Gasteiger partial charge is 0.379 e. The molecule has 0 aromatic carbocycles. The van der Waals surface area contributed by atoms with E-state index >= 15 is 0 Å². The molecule has 0 saturated carbocycles. The lowest BCUT2D eigenvalue weighted by atomic mass is 9.82. The highest BCUT2D eigenvalue weighted by atomic mass is 16.5. The van der Waals surface area contributed by atoms with E-state index in [1.54, 1.807) is 0 Å². The van der Waals surface area contributed by atoms with Crippen LogP contribution in [0.25, 0.3) is 0 Å². The van der Waals surface area contributed by atoms with Crippen molar-refractivity contribution >= 4 is 0 Å². The minimum absolute atomic E-state index is 0.0901.